The zero-order chi connectivity index (χ0) is 27.4. The van der Waals surface area contributed by atoms with Gasteiger partial charge in [-0.15, -0.1) is 11.3 Å². The number of hydrogen-bond donors (Lipinski definition) is 1. The normalized spacial score (nSPS) is 22.6. The van der Waals surface area contributed by atoms with E-state index in [1.807, 2.05) is 25.1 Å². The maximum Gasteiger partial charge on any atom is 0.346 e. The number of carboxylic acids is 1. The Morgan fingerprint density at radius 3 is 2.73 bits per heavy atom. The predicted molar refractivity (Wildman–Crippen MR) is 151 cm³/mol. The first kappa shape index (κ1) is 25.6. The van der Waals surface area contributed by atoms with Gasteiger partial charge >= 0.3 is 5.97 Å². The van der Waals surface area contributed by atoms with Gasteiger partial charge in [0.2, 0.25) is 0 Å². The fourth-order valence-corrected chi connectivity index (χ4v) is 6.48. The number of anilines is 1. The number of ether oxygens (including phenoxy) is 3. The molecule has 2 atom stereocenters. The molecule has 2 unspecified atom stereocenters. The summed E-state index contributed by atoms with van der Waals surface area (Å²) in [5.41, 5.74) is 2.53. The van der Waals surface area contributed by atoms with Crippen molar-refractivity contribution in [1.82, 2.24) is 19.4 Å². The van der Waals surface area contributed by atoms with Gasteiger partial charge in [-0.1, -0.05) is 17.7 Å². The van der Waals surface area contributed by atoms with Crippen LogP contribution in [0.25, 0.3) is 10.3 Å². The zero-order valence-electron chi connectivity index (χ0n) is 21.9. The zero-order valence-corrected chi connectivity index (χ0v) is 23.5. The van der Waals surface area contributed by atoms with Crippen LogP contribution in [-0.2, 0) is 23.6 Å². The van der Waals surface area contributed by atoms with Crippen molar-refractivity contribution in [1.29, 1.82) is 0 Å². The fourth-order valence-electron chi connectivity index (χ4n) is 5.48. The van der Waals surface area contributed by atoms with E-state index in [4.69, 9.17) is 30.8 Å². The third-order valence-electron chi connectivity index (χ3n) is 7.75. The number of rotatable bonds is 7. The van der Waals surface area contributed by atoms with E-state index in [9.17, 15) is 9.90 Å². The van der Waals surface area contributed by atoms with Crippen molar-refractivity contribution in [2.75, 3.05) is 37.7 Å². The lowest BCUT2D eigenvalue weighted by molar-refractivity contribution is -0.0716. The van der Waals surface area contributed by atoms with Gasteiger partial charge in [-0.05, 0) is 36.8 Å². The summed E-state index contributed by atoms with van der Waals surface area (Å²) >= 11 is 7.26. The molecular weight excluding hydrogens is 554 g/mol. The maximum atomic E-state index is 11.5. The molecule has 12 heteroatoms. The number of thiophene rings is 1. The van der Waals surface area contributed by atoms with Crippen LogP contribution in [0.15, 0.2) is 42.6 Å². The Balaban J connectivity index is 1.06. The number of carboxylic acid groups (broad SMARTS) is 1. The Morgan fingerprint density at radius 2 is 2.02 bits per heavy atom. The SMILES string of the molecule is CC1(c2ccc(Cl)cn2)Oc2cccc(N3CCN(Cc4nc5sc(C(=O)O)cc5n4CC4CCO4)CC3)c2O1. The molecule has 1 aromatic carbocycles. The highest BCUT2D eigenvalue weighted by Gasteiger charge is 2.42. The van der Waals surface area contributed by atoms with Crippen LogP contribution in [0.4, 0.5) is 5.69 Å². The number of carbonyl (C=O) groups is 1. The second-order valence-electron chi connectivity index (χ2n) is 10.4. The second-order valence-corrected chi connectivity index (χ2v) is 11.9. The van der Waals surface area contributed by atoms with E-state index in [-0.39, 0.29) is 6.10 Å². The van der Waals surface area contributed by atoms with Crippen LogP contribution in [0.2, 0.25) is 5.02 Å². The van der Waals surface area contributed by atoms with Gasteiger partial charge in [0.1, 0.15) is 21.2 Å². The number of piperazine rings is 1. The minimum absolute atomic E-state index is 0.150. The molecule has 1 N–H and O–H groups in total. The number of nitrogens with zero attached hydrogens (tertiary/aromatic N) is 5. The van der Waals surface area contributed by atoms with Crippen molar-refractivity contribution < 1.29 is 24.1 Å². The van der Waals surface area contributed by atoms with E-state index in [1.165, 1.54) is 11.3 Å². The van der Waals surface area contributed by atoms with Gasteiger partial charge in [0.25, 0.3) is 5.79 Å². The standard InChI is InChI=1S/C28H28ClN5O5S/c1-28(23-6-5-17(29)14-30-23)38-21-4-2-3-19(25(21)39-28)33-10-8-32(9-11-33)16-24-31-26-20(13-22(40-26)27(35)36)34(24)15-18-7-12-37-18/h2-6,13-14,18H,7-12,15-16H2,1H3,(H,35,36). The number of benzene rings is 1. The molecule has 0 spiro atoms. The topological polar surface area (TPSA) is 102 Å². The van der Waals surface area contributed by atoms with Gasteiger partial charge in [0.05, 0.1) is 35.4 Å². The molecule has 2 fully saturated rings. The Bertz CT molecular complexity index is 1580. The molecule has 7 rings (SSSR count). The smallest absolute Gasteiger partial charge is 0.346 e. The van der Waals surface area contributed by atoms with Crippen LogP contribution in [0, 0.1) is 0 Å². The summed E-state index contributed by atoms with van der Waals surface area (Å²) in [6, 6.07) is 11.3. The first-order valence-corrected chi connectivity index (χ1v) is 14.5. The first-order chi connectivity index (χ1) is 19.4. The first-order valence-electron chi connectivity index (χ1n) is 13.3. The van der Waals surface area contributed by atoms with Gasteiger partial charge in [-0.2, -0.15) is 0 Å². The third kappa shape index (κ3) is 4.56. The van der Waals surface area contributed by atoms with Gasteiger partial charge in [-0.25, -0.2) is 9.78 Å². The molecule has 4 aromatic rings. The van der Waals surface area contributed by atoms with Crippen molar-refractivity contribution in [3.63, 3.8) is 0 Å². The van der Waals surface area contributed by atoms with Crippen LogP contribution in [0.5, 0.6) is 11.5 Å². The predicted octanol–water partition coefficient (Wildman–Crippen LogP) is 4.60. The number of aromatic carboxylic acids is 1. The molecule has 0 aliphatic carbocycles. The number of fused-ring (bicyclic) bond motifs is 2. The monoisotopic (exact) mass is 581 g/mol. The summed E-state index contributed by atoms with van der Waals surface area (Å²) in [6.07, 6.45) is 2.75. The van der Waals surface area contributed by atoms with E-state index in [0.717, 1.165) is 66.8 Å². The van der Waals surface area contributed by atoms with Crippen LogP contribution >= 0.6 is 22.9 Å². The Labute approximate surface area is 239 Å². The minimum Gasteiger partial charge on any atom is -0.477 e. The number of para-hydroxylation sites is 1. The molecule has 3 aliphatic rings. The van der Waals surface area contributed by atoms with Crippen molar-refractivity contribution in [2.45, 2.75) is 38.3 Å². The van der Waals surface area contributed by atoms with E-state index in [1.54, 1.807) is 18.3 Å². The Hall–Kier alpha value is -3.38. The van der Waals surface area contributed by atoms with Gasteiger partial charge in [0, 0.05) is 45.9 Å². The summed E-state index contributed by atoms with van der Waals surface area (Å²) in [6.45, 7) is 7.36. The quantitative estimate of drug-likeness (QED) is 0.335. The highest BCUT2D eigenvalue weighted by atomic mass is 35.5. The highest BCUT2D eigenvalue weighted by molar-refractivity contribution is 7.20. The second kappa shape index (κ2) is 9.91. The van der Waals surface area contributed by atoms with Crippen LogP contribution in [-0.4, -0.2) is 69.4 Å². The van der Waals surface area contributed by atoms with Crippen molar-refractivity contribution >= 4 is 44.9 Å². The fraction of sp³-hybridized carbons (Fsp3) is 0.393. The van der Waals surface area contributed by atoms with Crippen molar-refractivity contribution in [3.05, 3.63) is 64.0 Å². The van der Waals surface area contributed by atoms with Crippen LogP contribution in [0.3, 0.4) is 0 Å². The average Bonchev–Trinajstić information content (AvgIpc) is 3.58. The highest BCUT2D eigenvalue weighted by Crippen LogP contribution is 2.49. The summed E-state index contributed by atoms with van der Waals surface area (Å²) < 4.78 is 20.5. The molecule has 10 nitrogen and oxygen atoms in total. The molecule has 3 aromatic heterocycles. The number of imidazole rings is 1. The minimum atomic E-state index is -1.03. The molecule has 40 heavy (non-hydrogen) atoms. The summed E-state index contributed by atoms with van der Waals surface area (Å²) in [4.78, 5) is 26.6. The number of aromatic nitrogens is 3. The molecule has 6 heterocycles. The van der Waals surface area contributed by atoms with Gasteiger partial charge < -0.3 is 28.8 Å². The number of hydrogen-bond acceptors (Lipinski definition) is 9. The number of pyridine rings is 1. The molecular formula is C28H28ClN5O5S. The largest absolute Gasteiger partial charge is 0.477 e. The molecule has 0 radical (unpaired) electrons. The van der Waals surface area contributed by atoms with Gasteiger partial charge in [0.15, 0.2) is 11.5 Å². The Kier molecular flexibility index (Phi) is 6.34. The molecule has 0 amide bonds. The number of halogens is 1. The lowest BCUT2D eigenvalue weighted by atomic mass is 10.2. The lowest BCUT2D eigenvalue weighted by Crippen LogP contribution is -2.46. The lowest BCUT2D eigenvalue weighted by Gasteiger charge is -2.36. The van der Waals surface area contributed by atoms with E-state index in [2.05, 4.69) is 25.4 Å². The molecule has 2 saturated heterocycles. The van der Waals surface area contributed by atoms with Crippen LogP contribution < -0.4 is 14.4 Å². The summed E-state index contributed by atoms with van der Waals surface area (Å²) in [5, 5.41) is 10.0. The molecule has 208 valence electrons. The Morgan fingerprint density at radius 1 is 1.20 bits per heavy atom. The molecule has 0 saturated carbocycles. The van der Waals surface area contributed by atoms with Gasteiger partial charge in [-0.3, -0.25) is 9.88 Å². The maximum absolute atomic E-state index is 11.5. The van der Waals surface area contributed by atoms with E-state index < -0.39 is 11.8 Å². The molecule has 0 bridgehead atoms. The third-order valence-corrected chi connectivity index (χ3v) is 8.98. The van der Waals surface area contributed by atoms with Crippen LogP contribution in [0.1, 0.15) is 34.5 Å². The van der Waals surface area contributed by atoms with Crippen molar-refractivity contribution in [2.24, 2.45) is 0 Å². The average molecular weight is 582 g/mol. The summed E-state index contributed by atoms with van der Waals surface area (Å²) in [5.74, 6) is 0.421. The summed E-state index contributed by atoms with van der Waals surface area (Å²) in [7, 11) is 0. The van der Waals surface area contributed by atoms with Crippen molar-refractivity contribution in [3.8, 4) is 11.5 Å². The van der Waals surface area contributed by atoms with E-state index >= 15 is 0 Å². The van der Waals surface area contributed by atoms with E-state index in [0.29, 0.717) is 34.4 Å². The molecule has 3 aliphatic heterocycles.